The van der Waals surface area contributed by atoms with E-state index in [9.17, 15) is 8.78 Å². The van der Waals surface area contributed by atoms with Gasteiger partial charge in [-0.1, -0.05) is 6.07 Å². The van der Waals surface area contributed by atoms with Crippen LogP contribution in [0.2, 0.25) is 0 Å². The van der Waals surface area contributed by atoms with E-state index in [1.165, 1.54) is 16.7 Å². The summed E-state index contributed by atoms with van der Waals surface area (Å²) in [6.45, 7) is 1.65. The molecule has 0 aliphatic carbocycles. The van der Waals surface area contributed by atoms with Crippen LogP contribution in [0.1, 0.15) is 5.82 Å². The first-order valence-corrected chi connectivity index (χ1v) is 4.60. The van der Waals surface area contributed by atoms with E-state index >= 15 is 0 Å². The number of benzene rings is 1. The monoisotopic (exact) mass is 227 g/mol. The van der Waals surface area contributed by atoms with Crippen LogP contribution in [0.4, 0.5) is 8.78 Å². The fraction of sp³-hybridized carbons (Fsp3) is 0.111. The molecule has 0 atom stereocenters. The highest BCUT2D eigenvalue weighted by atomic mass is 32.1. The Hall–Kier alpha value is -1.56. The van der Waals surface area contributed by atoms with Crippen LogP contribution in [0.15, 0.2) is 18.2 Å². The first-order chi connectivity index (χ1) is 7.11. The minimum Gasteiger partial charge on any atom is -0.269 e. The molecule has 1 aromatic heterocycles. The lowest BCUT2D eigenvalue weighted by atomic mass is 10.3. The van der Waals surface area contributed by atoms with Crippen molar-refractivity contribution in [1.82, 2.24) is 14.8 Å². The maximum atomic E-state index is 13.4. The quantitative estimate of drug-likeness (QED) is 0.759. The second-order valence-electron chi connectivity index (χ2n) is 2.98. The summed E-state index contributed by atoms with van der Waals surface area (Å²) in [5, 5.41) is 6.33. The minimum absolute atomic E-state index is 0.0613. The van der Waals surface area contributed by atoms with Crippen molar-refractivity contribution in [2.75, 3.05) is 0 Å². The van der Waals surface area contributed by atoms with Gasteiger partial charge in [-0.2, -0.15) is 5.10 Å². The maximum Gasteiger partial charge on any atom is 0.199 e. The lowest BCUT2D eigenvalue weighted by Gasteiger charge is -2.05. The fourth-order valence-electron chi connectivity index (χ4n) is 1.32. The Morgan fingerprint density at radius 1 is 1.40 bits per heavy atom. The Morgan fingerprint density at radius 2 is 2.13 bits per heavy atom. The number of aromatic nitrogens is 3. The number of H-pyrrole nitrogens is 1. The van der Waals surface area contributed by atoms with Gasteiger partial charge in [0.2, 0.25) is 0 Å². The molecule has 15 heavy (non-hydrogen) atoms. The summed E-state index contributed by atoms with van der Waals surface area (Å²) in [5.74, 6) is -1.36. The van der Waals surface area contributed by atoms with Gasteiger partial charge < -0.3 is 0 Å². The summed E-state index contributed by atoms with van der Waals surface area (Å²) >= 11 is 4.91. The van der Waals surface area contributed by atoms with Crippen LogP contribution in [0.5, 0.6) is 0 Å². The van der Waals surface area contributed by atoms with Crippen molar-refractivity contribution < 1.29 is 8.78 Å². The van der Waals surface area contributed by atoms with Gasteiger partial charge in [0.1, 0.15) is 5.82 Å². The van der Waals surface area contributed by atoms with E-state index in [-0.39, 0.29) is 10.5 Å². The Morgan fingerprint density at radius 3 is 2.73 bits per heavy atom. The molecule has 0 spiro atoms. The van der Waals surface area contributed by atoms with Crippen LogP contribution >= 0.6 is 12.2 Å². The molecule has 2 aromatic rings. The molecule has 0 bridgehead atoms. The average Bonchev–Trinajstić information content (AvgIpc) is 2.52. The van der Waals surface area contributed by atoms with Crippen molar-refractivity contribution in [2.24, 2.45) is 0 Å². The molecule has 1 N–H and O–H groups in total. The Labute approximate surface area is 89.4 Å². The van der Waals surface area contributed by atoms with E-state index in [1.807, 2.05) is 0 Å². The number of rotatable bonds is 1. The van der Waals surface area contributed by atoms with E-state index in [0.29, 0.717) is 5.82 Å². The van der Waals surface area contributed by atoms with E-state index in [4.69, 9.17) is 12.2 Å². The first-order valence-electron chi connectivity index (χ1n) is 4.19. The second kappa shape index (κ2) is 3.54. The van der Waals surface area contributed by atoms with E-state index in [1.54, 1.807) is 6.92 Å². The molecule has 0 fully saturated rings. The number of aryl methyl sites for hydroxylation is 1. The number of hydrogen-bond acceptors (Lipinski definition) is 2. The zero-order valence-corrected chi connectivity index (χ0v) is 8.61. The molecule has 78 valence electrons. The summed E-state index contributed by atoms with van der Waals surface area (Å²) in [6.07, 6.45) is 0. The molecule has 3 nitrogen and oxygen atoms in total. The van der Waals surface area contributed by atoms with Gasteiger partial charge in [-0.3, -0.25) is 9.67 Å². The Balaban J connectivity index is 2.75. The van der Waals surface area contributed by atoms with Crippen molar-refractivity contribution in [3.63, 3.8) is 0 Å². The summed E-state index contributed by atoms with van der Waals surface area (Å²) < 4.78 is 28.0. The summed E-state index contributed by atoms with van der Waals surface area (Å²) in [6, 6.07) is 3.91. The van der Waals surface area contributed by atoms with E-state index < -0.39 is 11.6 Å². The Bertz CT molecular complexity index is 559. The lowest BCUT2D eigenvalue weighted by molar-refractivity contribution is 0.503. The summed E-state index contributed by atoms with van der Waals surface area (Å²) in [5.41, 5.74) is 0.0613. The number of aromatic amines is 1. The zero-order valence-electron chi connectivity index (χ0n) is 7.79. The molecule has 0 radical (unpaired) electrons. The standard InChI is InChI=1S/C9H7F2N3S/c1-5-12-13-9(15)14(5)7-4-2-3-6(10)8(7)11/h2-4H,1H3,(H,13,15). The number of hydrogen-bond donors (Lipinski definition) is 1. The van der Waals surface area contributed by atoms with Gasteiger partial charge in [-0.15, -0.1) is 0 Å². The minimum atomic E-state index is -0.932. The van der Waals surface area contributed by atoms with Crippen LogP contribution in [-0.4, -0.2) is 14.8 Å². The van der Waals surface area contributed by atoms with Crippen LogP contribution < -0.4 is 0 Å². The largest absolute Gasteiger partial charge is 0.269 e. The lowest BCUT2D eigenvalue weighted by Crippen LogP contribution is -2.02. The van der Waals surface area contributed by atoms with Gasteiger partial charge in [-0.25, -0.2) is 8.78 Å². The molecule has 0 unspecified atom stereocenters. The summed E-state index contributed by atoms with van der Waals surface area (Å²) in [4.78, 5) is 0. The van der Waals surface area contributed by atoms with Crippen LogP contribution in [0.25, 0.3) is 5.69 Å². The van der Waals surface area contributed by atoms with E-state index in [2.05, 4.69) is 10.2 Å². The van der Waals surface area contributed by atoms with E-state index in [0.717, 1.165) is 6.07 Å². The molecule has 2 rings (SSSR count). The molecule has 0 amide bonds. The molecule has 1 aromatic carbocycles. The van der Waals surface area contributed by atoms with Crippen molar-refractivity contribution in [3.8, 4) is 5.69 Å². The van der Waals surface area contributed by atoms with Gasteiger partial charge >= 0.3 is 0 Å². The fourth-order valence-corrected chi connectivity index (χ4v) is 1.60. The highest BCUT2D eigenvalue weighted by Crippen LogP contribution is 2.17. The third-order valence-corrected chi connectivity index (χ3v) is 2.29. The smallest absolute Gasteiger partial charge is 0.199 e. The van der Waals surface area contributed by atoms with Crippen LogP contribution in [0.3, 0.4) is 0 Å². The van der Waals surface area contributed by atoms with Crippen molar-refractivity contribution >= 4 is 12.2 Å². The molecule has 0 aliphatic heterocycles. The third kappa shape index (κ3) is 1.56. The highest BCUT2D eigenvalue weighted by Gasteiger charge is 2.12. The molecule has 6 heteroatoms. The number of nitrogens with zero attached hydrogens (tertiary/aromatic N) is 2. The topological polar surface area (TPSA) is 33.6 Å². The van der Waals surface area contributed by atoms with Crippen LogP contribution in [0, 0.1) is 23.3 Å². The number of halogens is 2. The van der Waals surface area contributed by atoms with Crippen LogP contribution in [-0.2, 0) is 0 Å². The third-order valence-electron chi connectivity index (χ3n) is 2.01. The molecule has 0 saturated carbocycles. The van der Waals surface area contributed by atoms with Gasteiger partial charge in [0.25, 0.3) is 0 Å². The van der Waals surface area contributed by atoms with Gasteiger partial charge in [0.05, 0.1) is 5.69 Å². The zero-order chi connectivity index (χ0) is 11.0. The normalized spacial score (nSPS) is 10.6. The van der Waals surface area contributed by atoms with Crippen molar-refractivity contribution in [1.29, 1.82) is 0 Å². The molecule has 0 aliphatic rings. The molecule has 1 heterocycles. The van der Waals surface area contributed by atoms with Gasteiger partial charge in [-0.05, 0) is 31.3 Å². The Kier molecular flexibility index (Phi) is 2.36. The summed E-state index contributed by atoms with van der Waals surface area (Å²) in [7, 11) is 0. The van der Waals surface area contributed by atoms with Crippen molar-refractivity contribution in [3.05, 3.63) is 40.4 Å². The second-order valence-corrected chi connectivity index (χ2v) is 3.37. The van der Waals surface area contributed by atoms with Gasteiger partial charge in [0.15, 0.2) is 16.4 Å². The predicted molar refractivity (Wildman–Crippen MR) is 53.4 cm³/mol. The average molecular weight is 227 g/mol. The SMILES string of the molecule is Cc1n[nH]c(=S)n1-c1cccc(F)c1F. The van der Waals surface area contributed by atoms with Crippen molar-refractivity contribution in [2.45, 2.75) is 6.92 Å². The maximum absolute atomic E-state index is 13.4. The van der Waals surface area contributed by atoms with Gasteiger partial charge in [0, 0.05) is 0 Å². The first kappa shape index (κ1) is 9.97. The molecule has 0 saturated heterocycles. The molecular weight excluding hydrogens is 220 g/mol. The molecular formula is C9H7F2N3S. The highest BCUT2D eigenvalue weighted by molar-refractivity contribution is 7.71. The predicted octanol–water partition coefficient (Wildman–Crippen LogP) is 2.52. The number of nitrogens with one attached hydrogen (secondary N) is 1.